The molecule has 104 valence electrons. The predicted octanol–water partition coefficient (Wildman–Crippen LogP) is 1.83. The molecule has 0 aliphatic carbocycles. The van der Waals surface area contributed by atoms with E-state index in [9.17, 15) is 4.79 Å². The zero-order valence-corrected chi connectivity index (χ0v) is 13.1. The Morgan fingerprint density at radius 3 is 2.47 bits per heavy atom. The Kier molecular flexibility index (Phi) is 3.87. The van der Waals surface area contributed by atoms with Crippen LogP contribution in [0.3, 0.4) is 0 Å². The first-order valence-electron chi connectivity index (χ1n) is 6.37. The molecule has 1 aromatic rings. The number of carbonyl (C=O) groups is 1. The van der Waals surface area contributed by atoms with Crippen LogP contribution in [0.15, 0.2) is 28.7 Å². The first-order valence-corrected chi connectivity index (χ1v) is 7.16. The second kappa shape index (κ2) is 5.13. The molecule has 19 heavy (non-hydrogen) atoms. The molecule has 1 amide bonds. The highest BCUT2D eigenvalue weighted by Gasteiger charge is 2.43. The van der Waals surface area contributed by atoms with E-state index in [0.29, 0.717) is 13.1 Å². The van der Waals surface area contributed by atoms with E-state index in [-0.39, 0.29) is 17.5 Å². The summed E-state index contributed by atoms with van der Waals surface area (Å²) >= 11 is 3.43. The Morgan fingerprint density at radius 2 is 1.95 bits per heavy atom. The van der Waals surface area contributed by atoms with Crippen LogP contribution in [0.4, 0.5) is 5.69 Å². The van der Waals surface area contributed by atoms with Crippen molar-refractivity contribution in [3.8, 4) is 0 Å². The summed E-state index contributed by atoms with van der Waals surface area (Å²) in [5, 5.41) is 0. The summed E-state index contributed by atoms with van der Waals surface area (Å²) in [6.07, 6.45) is 0. The normalized spacial score (nSPS) is 22.8. The van der Waals surface area contributed by atoms with Crippen molar-refractivity contribution in [1.82, 2.24) is 4.90 Å². The first kappa shape index (κ1) is 14.3. The van der Waals surface area contributed by atoms with Crippen LogP contribution >= 0.6 is 15.9 Å². The van der Waals surface area contributed by atoms with E-state index >= 15 is 0 Å². The zero-order valence-electron chi connectivity index (χ0n) is 11.6. The van der Waals surface area contributed by atoms with Crippen molar-refractivity contribution in [1.29, 1.82) is 0 Å². The molecular weight excluding hydrogens is 306 g/mol. The van der Waals surface area contributed by atoms with Gasteiger partial charge in [0.25, 0.3) is 0 Å². The molecule has 1 fully saturated rings. The van der Waals surface area contributed by atoms with Gasteiger partial charge < -0.3 is 15.5 Å². The van der Waals surface area contributed by atoms with E-state index in [1.54, 1.807) is 4.90 Å². The number of hydrogen-bond acceptors (Lipinski definition) is 3. The number of likely N-dealkylation sites (N-methyl/N-ethyl adjacent to an activating group) is 1. The van der Waals surface area contributed by atoms with E-state index in [0.717, 1.165) is 10.2 Å². The molecule has 0 radical (unpaired) electrons. The molecule has 0 saturated carbocycles. The maximum absolute atomic E-state index is 12.3. The number of nitrogens with two attached hydrogens (primary N) is 1. The van der Waals surface area contributed by atoms with Crippen molar-refractivity contribution in [2.75, 3.05) is 25.0 Å². The average molecular weight is 326 g/mol. The number of carbonyl (C=O) groups excluding carboxylic acids is 1. The molecule has 0 aromatic heterocycles. The Bertz CT molecular complexity index is 472. The van der Waals surface area contributed by atoms with E-state index in [4.69, 9.17) is 5.73 Å². The van der Waals surface area contributed by atoms with Crippen molar-refractivity contribution in [2.45, 2.75) is 25.4 Å². The van der Waals surface area contributed by atoms with Gasteiger partial charge in [-0.15, -0.1) is 0 Å². The van der Waals surface area contributed by atoms with E-state index in [2.05, 4.69) is 34.7 Å². The fourth-order valence-electron chi connectivity index (χ4n) is 2.86. The molecule has 4 nitrogen and oxygen atoms in total. The lowest BCUT2D eigenvalue weighted by Crippen LogP contribution is -2.68. The number of amides is 1. The fraction of sp³-hybridized carbons (Fsp3) is 0.500. The highest BCUT2D eigenvalue weighted by Crippen LogP contribution is 2.32. The standard InChI is InChI=1S/C14H20BrN3O/c1-14(2)9-17(3)13(19)12(8-16)18(14)11-6-4-10(15)5-7-11/h4-7,12H,8-9,16H2,1-3H3. The Hall–Kier alpha value is -1.07. The number of hydrogen-bond donors (Lipinski definition) is 1. The minimum absolute atomic E-state index is 0.0877. The molecule has 1 saturated heterocycles. The van der Waals surface area contributed by atoms with Gasteiger partial charge in [0.15, 0.2) is 0 Å². The Balaban J connectivity index is 2.43. The van der Waals surface area contributed by atoms with Gasteiger partial charge in [-0.3, -0.25) is 4.79 Å². The lowest BCUT2D eigenvalue weighted by atomic mass is 9.93. The number of nitrogens with zero attached hydrogens (tertiary/aromatic N) is 2. The molecular formula is C14H20BrN3O. The molecule has 0 bridgehead atoms. The van der Waals surface area contributed by atoms with Crippen molar-refractivity contribution in [2.24, 2.45) is 5.73 Å². The van der Waals surface area contributed by atoms with Gasteiger partial charge in [0, 0.05) is 30.3 Å². The van der Waals surface area contributed by atoms with Gasteiger partial charge >= 0.3 is 0 Å². The number of benzene rings is 1. The third kappa shape index (κ3) is 2.62. The summed E-state index contributed by atoms with van der Waals surface area (Å²) in [6.45, 7) is 5.29. The average Bonchev–Trinajstić information content (AvgIpc) is 2.34. The summed E-state index contributed by atoms with van der Waals surface area (Å²) in [6, 6.07) is 7.72. The number of halogens is 1. The van der Waals surface area contributed by atoms with Crippen LogP contribution in [0.2, 0.25) is 0 Å². The number of piperazine rings is 1. The molecule has 1 aliphatic rings. The summed E-state index contributed by atoms with van der Waals surface area (Å²) in [4.78, 5) is 16.2. The SMILES string of the molecule is CN1CC(C)(C)N(c2ccc(Br)cc2)C(CN)C1=O. The summed E-state index contributed by atoms with van der Waals surface area (Å²) in [5.74, 6) is 0.0877. The summed E-state index contributed by atoms with van der Waals surface area (Å²) in [7, 11) is 1.84. The number of rotatable bonds is 2. The first-order chi connectivity index (χ1) is 8.86. The van der Waals surface area contributed by atoms with Crippen LogP contribution in [0, 0.1) is 0 Å². The quantitative estimate of drug-likeness (QED) is 0.902. The molecule has 0 spiro atoms. The van der Waals surface area contributed by atoms with Gasteiger partial charge in [-0.2, -0.15) is 0 Å². The van der Waals surface area contributed by atoms with Crippen LogP contribution in [-0.2, 0) is 4.79 Å². The van der Waals surface area contributed by atoms with E-state index in [1.807, 2.05) is 31.3 Å². The van der Waals surface area contributed by atoms with Crippen LogP contribution in [0.25, 0.3) is 0 Å². The molecule has 1 unspecified atom stereocenters. The molecule has 1 aromatic carbocycles. The minimum atomic E-state index is -0.296. The summed E-state index contributed by atoms with van der Waals surface area (Å²) in [5.41, 5.74) is 6.73. The zero-order chi connectivity index (χ0) is 14.2. The monoisotopic (exact) mass is 325 g/mol. The molecule has 2 N–H and O–H groups in total. The third-order valence-electron chi connectivity index (χ3n) is 3.58. The van der Waals surface area contributed by atoms with Gasteiger partial charge in [-0.1, -0.05) is 15.9 Å². The minimum Gasteiger partial charge on any atom is -0.351 e. The van der Waals surface area contributed by atoms with Gasteiger partial charge in [-0.25, -0.2) is 0 Å². The third-order valence-corrected chi connectivity index (χ3v) is 4.11. The maximum Gasteiger partial charge on any atom is 0.246 e. The molecule has 2 rings (SSSR count). The lowest BCUT2D eigenvalue weighted by Gasteiger charge is -2.51. The van der Waals surface area contributed by atoms with E-state index in [1.165, 1.54) is 0 Å². The summed E-state index contributed by atoms with van der Waals surface area (Å²) < 4.78 is 1.03. The number of anilines is 1. The van der Waals surface area contributed by atoms with Crippen molar-refractivity contribution >= 4 is 27.5 Å². The second-order valence-electron chi connectivity index (χ2n) is 5.60. The van der Waals surface area contributed by atoms with Crippen LogP contribution in [0.1, 0.15) is 13.8 Å². The van der Waals surface area contributed by atoms with Crippen molar-refractivity contribution in [3.63, 3.8) is 0 Å². The largest absolute Gasteiger partial charge is 0.351 e. The fourth-order valence-corrected chi connectivity index (χ4v) is 3.12. The van der Waals surface area contributed by atoms with E-state index < -0.39 is 0 Å². The highest BCUT2D eigenvalue weighted by atomic mass is 79.9. The van der Waals surface area contributed by atoms with Crippen molar-refractivity contribution < 1.29 is 4.79 Å². The maximum atomic E-state index is 12.3. The second-order valence-corrected chi connectivity index (χ2v) is 6.52. The Labute approximate surface area is 122 Å². The lowest BCUT2D eigenvalue weighted by molar-refractivity contribution is -0.134. The predicted molar refractivity (Wildman–Crippen MR) is 81.2 cm³/mol. The molecule has 1 heterocycles. The smallest absolute Gasteiger partial charge is 0.246 e. The molecule has 1 atom stereocenters. The van der Waals surface area contributed by atoms with Crippen LogP contribution in [0.5, 0.6) is 0 Å². The van der Waals surface area contributed by atoms with Gasteiger partial charge in [0.2, 0.25) is 5.91 Å². The highest BCUT2D eigenvalue weighted by molar-refractivity contribution is 9.10. The molecule has 5 heteroatoms. The Morgan fingerprint density at radius 1 is 1.37 bits per heavy atom. The van der Waals surface area contributed by atoms with Gasteiger partial charge in [0.05, 0.1) is 5.54 Å². The van der Waals surface area contributed by atoms with Gasteiger partial charge in [0.1, 0.15) is 6.04 Å². The molecule has 1 aliphatic heterocycles. The van der Waals surface area contributed by atoms with Gasteiger partial charge in [-0.05, 0) is 38.1 Å². The van der Waals surface area contributed by atoms with Crippen LogP contribution in [-0.4, -0.2) is 42.5 Å². The van der Waals surface area contributed by atoms with Crippen LogP contribution < -0.4 is 10.6 Å². The van der Waals surface area contributed by atoms with Crippen molar-refractivity contribution in [3.05, 3.63) is 28.7 Å². The topological polar surface area (TPSA) is 49.6 Å².